The summed E-state index contributed by atoms with van der Waals surface area (Å²) in [5, 5.41) is 39.3. The van der Waals surface area contributed by atoms with Gasteiger partial charge >= 0.3 is 11.2 Å². The number of aliphatic hydroxyl groups is 3. The van der Waals surface area contributed by atoms with Crippen molar-refractivity contribution < 1.29 is 29.8 Å². The third kappa shape index (κ3) is 6.29. The molecule has 11 nitrogen and oxygen atoms in total. The number of aromatic nitrogens is 4. The SMILES string of the molecule is CCC(=O)[O-].Cn1c(NCC(O)CO)nc2c(c1=O)n(C)c[n+]2CCCCO. The van der Waals surface area contributed by atoms with Gasteiger partial charge in [0.05, 0.1) is 26.3 Å². The van der Waals surface area contributed by atoms with Gasteiger partial charge in [0.25, 0.3) is 5.95 Å². The smallest absolute Gasteiger partial charge is 0.311 e. The summed E-state index contributed by atoms with van der Waals surface area (Å²) in [5.74, 6) is -0.665. The summed E-state index contributed by atoms with van der Waals surface area (Å²) in [6, 6.07) is 0. The summed E-state index contributed by atoms with van der Waals surface area (Å²) >= 11 is 0. The van der Waals surface area contributed by atoms with Gasteiger partial charge in [0.1, 0.15) is 0 Å². The molecule has 0 aliphatic carbocycles. The maximum Gasteiger partial charge on any atom is 0.311 e. The van der Waals surface area contributed by atoms with Crippen molar-refractivity contribution in [1.82, 2.24) is 14.1 Å². The first-order valence-corrected chi connectivity index (χ1v) is 9.05. The number of carboxylic acid groups (broad SMARTS) is 1. The fourth-order valence-corrected chi connectivity index (χ4v) is 2.40. The normalized spacial score (nSPS) is 11.8. The van der Waals surface area contributed by atoms with E-state index in [9.17, 15) is 19.8 Å². The van der Waals surface area contributed by atoms with Crippen LogP contribution in [0.25, 0.3) is 11.2 Å². The minimum Gasteiger partial charge on any atom is -0.550 e. The Bertz CT molecular complexity index is 832. The van der Waals surface area contributed by atoms with Gasteiger partial charge in [0, 0.05) is 26.2 Å². The second-order valence-corrected chi connectivity index (χ2v) is 6.27. The molecule has 0 saturated carbocycles. The molecule has 0 aliphatic rings. The van der Waals surface area contributed by atoms with Crippen LogP contribution in [0.3, 0.4) is 0 Å². The molecule has 0 saturated heterocycles. The third-order valence-electron chi connectivity index (χ3n) is 3.99. The van der Waals surface area contributed by atoms with Gasteiger partial charge in [0.15, 0.2) is 6.33 Å². The average Bonchev–Trinajstić information content (AvgIpc) is 2.99. The highest BCUT2D eigenvalue weighted by molar-refractivity contribution is 5.67. The van der Waals surface area contributed by atoms with Crippen molar-refractivity contribution in [3.05, 3.63) is 16.7 Å². The van der Waals surface area contributed by atoms with Crippen LogP contribution >= 0.6 is 0 Å². The zero-order valence-electron chi connectivity index (χ0n) is 16.5. The van der Waals surface area contributed by atoms with Crippen molar-refractivity contribution in [1.29, 1.82) is 0 Å². The van der Waals surface area contributed by atoms with E-state index in [0.29, 0.717) is 30.1 Å². The van der Waals surface area contributed by atoms with E-state index in [1.807, 2.05) is 10.9 Å². The van der Waals surface area contributed by atoms with E-state index in [-0.39, 0.29) is 31.7 Å². The van der Waals surface area contributed by atoms with Crippen LogP contribution in [0.15, 0.2) is 11.1 Å². The summed E-state index contributed by atoms with van der Waals surface area (Å²) in [7, 11) is 3.39. The number of aryl methyl sites for hydroxylation is 2. The number of imidazole rings is 1. The Hall–Kier alpha value is -2.50. The number of unbranched alkanes of at least 4 members (excludes halogenated alkanes) is 1. The highest BCUT2D eigenvalue weighted by Gasteiger charge is 2.22. The Morgan fingerprint density at radius 3 is 2.54 bits per heavy atom. The number of aliphatic hydroxyl groups excluding tert-OH is 3. The number of fused-ring (bicyclic) bond motifs is 1. The van der Waals surface area contributed by atoms with Crippen molar-refractivity contribution >= 4 is 23.1 Å². The summed E-state index contributed by atoms with van der Waals surface area (Å²) in [6.07, 6.45) is 2.46. The molecular formula is C17H29N5O6. The topological polar surface area (TPSA) is 157 Å². The standard InChI is InChI=1S/C14H23N5O4.C3H6O2/c1-17-9-19(5-3-4-6-20)12-11(17)13(23)18(2)14(16-12)15-7-10(22)8-21;1-2-3(4)5/h9-10,20-22H,3-8H2,1-2H3;2H2,1H3,(H,4,5). The number of rotatable bonds is 9. The van der Waals surface area contributed by atoms with Crippen LogP contribution in [0, 0.1) is 0 Å². The number of carbonyl (C=O) groups is 1. The number of carboxylic acids is 1. The van der Waals surface area contributed by atoms with Gasteiger partial charge < -0.3 is 30.5 Å². The number of aliphatic carboxylic acids is 1. The Labute approximate surface area is 162 Å². The van der Waals surface area contributed by atoms with Crippen molar-refractivity contribution in [2.75, 3.05) is 25.1 Å². The van der Waals surface area contributed by atoms with E-state index in [4.69, 9.17) is 10.2 Å². The lowest BCUT2D eigenvalue weighted by atomic mass is 10.3. The fourth-order valence-electron chi connectivity index (χ4n) is 2.40. The van der Waals surface area contributed by atoms with E-state index < -0.39 is 12.1 Å². The number of anilines is 1. The number of hydrogen-bond acceptors (Lipinski definition) is 8. The largest absolute Gasteiger partial charge is 0.550 e. The van der Waals surface area contributed by atoms with E-state index in [1.54, 1.807) is 18.7 Å². The Morgan fingerprint density at radius 1 is 1.36 bits per heavy atom. The van der Waals surface area contributed by atoms with E-state index >= 15 is 0 Å². The molecule has 0 amide bonds. The van der Waals surface area contributed by atoms with Gasteiger partial charge in [-0.05, 0) is 19.3 Å². The van der Waals surface area contributed by atoms with Crippen LogP contribution in [0.2, 0.25) is 0 Å². The van der Waals surface area contributed by atoms with Gasteiger partial charge in [-0.25, -0.2) is 4.57 Å². The lowest BCUT2D eigenvalue weighted by Crippen LogP contribution is -2.35. The molecule has 0 bridgehead atoms. The van der Waals surface area contributed by atoms with Gasteiger partial charge in [-0.15, -0.1) is 0 Å². The molecule has 0 spiro atoms. The van der Waals surface area contributed by atoms with E-state index in [0.717, 1.165) is 6.42 Å². The van der Waals surface area contributed by atoms with Crippen LogP contribution in [0.5, 0.6) is 0 Å². The van der Waals surface area contributed by atoms with Crippen molar-refractivity contribution in [2.45, 2.75) is 38.8 Å². The van der Waals surface area contributed by atoms with Crippen LogP contribution in [0.1, 0.15) is 26.2 Å². The molecule has 1 unspecified atom stereocenters. The Balaban J connectivity index is 0.000000696. The number of hydrogen-bond donors (Lipinski definition) is 4. The van der Waals surface area contributed by atoms with Crippen molar-refractivity contribution in [3.8, 4) is 0 Å². The average molecular weight is 399 g/mol. The zero-order chi connectivity index (χ0) is 21.3. The summed E-state index contributed by atoms with van der Waals surface area (Å²) in [6.45, 7) is 2.05. The minimum atomic E-state index is -0.995. The lowest BCUT2D eigenvalue weighted by molar-refractivity contribution is -0.674. The van der Waals surface area contributed by atoms with E-state index in [1.165, 1.54) is 11.5 Å². The number of carbonyl (C=O) groups excluding carboxylic acids is 1. The molecule has 2 aromatic heterocycles. The van der Waals surface area contributed by atoms with Crippen LogP contribution in [0.4, 0.5) is 5.95 Å². The second kappa shape index (κ2) is 11.4. The maximum atomic E-state index is 12.5. The Kier molecular flexibility index (Phi) is 9.56. The summed E-state index contributed by atoms with van der Waals surface area (Å²) in [5.41, 5.74) is 0.846. The molecule has 1 atom stereocenters. The molecule has 0 radical (unpaired) electrons. The van der Waals surface area contributed by atoms with Gasteiger partial charge in [0.2, 0.25) is 5.52 Å². The molecule has 2 heterocycles. The number of nitrogens with zero attached hydrogens (tertiary/aromatic N) is 4. The highest BCUT2D eigenvalue weighted by Crippen LogP contribution is 2.08. The van der Waals surface area contributed by atoms with Crippen LogP contribution in [-0.4, -0.2) is 61.3 Å². The molecule has 0 fully saturated rings. The zero-order valence-corrected chi connectivity index (χ0v) is 16.5. The molecule has 0 aromatic carbocycles. The predicted molar refractivity (Wildman–Crippen MR) is 99.4 cm³/mol. The molecule has 28 heavy (non-hydrogen) atoms. The maximum absolute atomic E-state index is 12.5. The lowest BCUT2D eigenvalue weighted by Gasteiger charge is -2.10. The second-order valence-electron chi connectivity index (χ2n) is 6.27. The first-order valence-electron chi connectivity index (χ1n) is 9.05. The number of nitrogens with one attached hydrogen (secondary N) is 1. The van der Waals surface area contributed by atoms with Crippen LogP contribution in [-0.2, 0) is 25.4 Å². The van der Waals surface area contributed by atoms with Crippen molar-refractivity contribution in [3.63, 3.8) is 0 Å². The molecule has 2 rings (SSSR count). The van der Waals surface area contributed by atoms with E-state index in [2.05, 4.69) is 10.3 Å². The molecule has 4 N–H and O–H groups in total. The van der Waals surface area contributed by atoms with Gasteiger partial charge in [-0.2, -0.15) is 0 Å². The highest BCUT2D eigenvalue weighted by atomic mass is 16.4. The van der Waals surface area contributed by atoms with Crippen LogP contribution < -0.4 is 20.5 Å². The molecule has 2 aromatic rings. The minimum absolute atomic E-state index is 0.0969. The molecular weight excluding hydrogens is 370 g/mol. The van der Waals surface area contributed by atoms with Crippen molar-refractivity contribution in [2.24, 2.45) is 14.1 Å². The first kappa shape index (κ1) is 23.5. The summed E-state index contributed by atoms with van der Waals surface area (Å²) in [4.78, 5) is 26.3. The third-order valence-corrected chi connectivity index (χ3v) is 3.99. The fraction of sp³-hybridized carbons (Fsp3) is 0.647. The summed E-state index contributed by atoms with van der Waals surface area (Å²) < 4.78 is 4.99. The van der Waals surface area contributed by atoms with Gasteiger partial charge in [-0.3, -0.25) is 13.9 Å². The quantitative estimate of drug-likeness (QED) is 0.261. The van der Waals surface area contributed by atoms with Gasteiger partial charge in [-0.1, -0.05) is 11.9 Å². The first-order chi connectivity index (χ1) is 13.3. The molecule has 158 valence electrons. The molecule has 0 aliphatic heterocycles. The molecule has 11 heteroatoms. The predicted octanol–water partition coefficient (Wildman–Crippen LogP) is -2.76. The Morgan fingerprint density at radius 2 is 2.00 bits per heavy atom. The monoisotopic (exact) mass is 399 g/mol.